The summed E-state index contributed by atoms with van der Waals surface area (Å²) in [5.74, 6) is 0. The summed E-state index contributed by atoms with van der Waals surface area (Å²) in [6, 6.07) is 0. The second-order valence-corrected chi connectivity index (χ2v) is 8.16. The third-order valence-electron chi connectivity index (χ3n) is 5.37. The lowest BCUT2D eigenvalue weighted by atomic mass is 10.0. The molecule has 0 aliphatic heterocycles. The highest BCUT2D eigenvalue weighted by Gasteiger charge is 1.95. The molecule has 0 aromatic rings. The average molecular weight is 369 g/mol. The van der Waals surface area contributed by atoms with E-state index in [-0.39, 0.29) is 0 Å². The predicted octanol–water partition coefficient (Wildman–Crippen LogP) is 7.23. The zero-order chi connectivity index (χ0) is 19.0. The van der Waals surface area contributed by atoms with Crippen LogP contribution in [0.4, 0.5) is 0 Å². The third-order valence-corrected chi connectivity index (χ3v) is 5.37. The Hall–Kier alpha value is -0.0800. The second-order valence-electron chi connectivity index (χ2n) is 8.16. The average Bonchev–Trinajstić information content (AvgIpc) is 2.66. The van der Waals surface area contributed by atoms with Crippen LogP contribution in [0.1, 0.15) is 129 Å². The van der Waals surface area contributed by atoms with Gasteiger partial charge in [-0.2, -0.15) is 0 Å². The summed E-state index contributed by atoms with van der Waals surface area (Å²) >= 11 is 0. The molecule has 2 heteroatoms. The first-order chi connectivity index (χ1) is 12.9. The summed E-state index contributed by atoms with van der Waals surface area (Å²) in [7, 11) is 0. The predicted molar refractivity (Wildman–Crippen MR) is 120 cm³/mol. The van der Waals surface area contributed by atoms with Gasteiger partial charge in [-0.25, -0.2) is 0 Å². The number of hydrogen-bond donors (Lipinski definition) is 2. The molecule has 0 saturated carbocycles. The maximum absolute atomic E-state index is 3.54. The molecule has 0 aliphatic carbocycles. The molecule has 0 saturated heterocycles. The monoisotopic (exact) mass is 368 g/mol. The Kier molecular flexibility index (Phi) is 24.8. The zero-order valence-electron chi connectivity index (χ0n) is 18.6. The molecule has 0 radical (unpaired) electrons. The van der Waals surface area contributed by atoms with Crippen LogP contribution in [-0.2, 0) is 0 Å². The van der Waals surface area contributed by atoms with Crippen molar-refractivity contribution in [3.8, 4) is 0 Å². The lowest BCUT2D eigenvalue weighted by molar-refractivity contribution is 0.522. The Morgan fingerprint density at radius 1 is 0.308 bits per heavy atom. The molecule has 0 aromatic heterocycles. The zero-order valence-corrected chi connectivity index (χ0v) is 18.6. The van der Waals surface area contributed by atoms with Crippen LogP contribution in [0.2, 0.25) is 0 Å². The van der Waals surface area contributed by atoms with Crippen LogP contribution in [0.25, 0.3) is 0 Å². The Balaban J connectivity index is 2.95. The van der Waals surface area contributed by atoms with E-state index in [1.54, 1.807) is 0 Å². The van der Waals surface area contributed by atoms with E-state index in [9.17, 15) is 0 Å². The van der Waals surface area contributed by atoms with E-state index in [0.29, 0.717) is 0 Å². The largest absolute Gasteiger partial charge is 0.317 e. The van der Waals surface area contributed by atoms with Gasteiger partial charge in [-0.05, 0) is 51.9 Å². The summed E-state index contributed by atoms with van der Waals surface area (Å²) in [4.78, 5) is 0. The van der Waals surface area contributed by atoms with Gasteiger partial charge in [-0.15, -0.1) is 0 Å². The standard InChI is InChI=1S/C24H52N2/c1-3-5-21-25-23-19-17-15-13-11-9-7-8-10-12-14-16-18-20-24-26-22-6-4-2/h25-26H,3-24H2,1-2H3. The van der Waals surface area contributed by atoms with E-state index in [1.165, 1.54) is 142 Å². The van der Waals surface area contributed by atoms with Crippen molar-refractivity contribution in [3.05, 3.63) is 0 Å². The van der Waals surface area contributed by atoms with E-state index in [4.69, 9.17) is 0 Å². The van der Waals surface area contributed by atoms with Crippen molar-refractivity contribution in [1.82, 2.24) is 10.6 Å². The molecule has 0 amide bonds. The topological polar surface area (TPSA) is 24.1 Å². The smallest absolute Gasteiger partial charge is 0.00489 e. The summed E-state index contributed by atoms with van der Waals surface area (Å²) in [6.45, 7) is 9.41. The van der Waals surface area contributed by atoms with Gasteiger partial charge < -0.3 is 10.6 Å². The molecule has 0 unspecified atom stereocenters. The van der Waals surface area contributed by atoms with E-state index in [2.05, 4.69) is 24.5 Å². The van der Waals surface area contributed by atoms with Crippen molar-refractivity contribution in [1.29, 1.82) is 0 Å². The van der Waals surface area contributed by atoms with Crippen LogP contribution >= 0.6 is 0 Å². The molecule has 0 fully saturated rings. The molecular formula is C24H52N2. The molecule has 0 heterocycles. The van der Waals surface area contributed by atoms with Crippen molar-refractivity contribution in [2.24, 2.45) is 0 Å². The lowest BCUT2D eigenvalue weighted by Crippen LogP contribution is -2.16. The highest BCUT2D eigenvalue weighted by Crippen LogP contribution is 2.12. The van der Waals surface area contributed by atoms with E-state index in [0.717, 1.165) is 0 Å². The van der Waals surface area contributed by atoms with Gasteiger partial charge in [-0.3, -0.25) is 0 Å². The van der Waals surface area contributed by atoms with Gasteiger partial charge in [0, 0.05) is 0 Å². The summed E-state index contributed by atoms with van der Waals surface area (Å²) in [6.07, 6.45) is 25.5. The second kappa shape index (κ2) is 24.9. The SMILES string of the molecule is CCCCNCCCCCCCCCCCCCCCCNCCCC. The van der Waals surface area contributed by atoms with Crippen LogP contribution in [0.5, 0.6) is 0 Å². The first-order valence-corrected chi connectivity index (χ1v) is 12.3. The highest BCUT2D eigenvalue weighted by molar-refractivity contribution is 4.52. The van der Waals surface area contributed by atoms with Gasteiger partial charge in [0.2, 0.25) is 0 Å². The quantitative estimate of drug-likeness (QED) is 0.186. The van der Waals surface area contributed by atoms with Gasteiger partial charge in [0.1, 0.15) is 0 Å². The molecule has 0 aromatic carbocycles. The lowest BCUT2D eigenvalue weighted by Gasteiger charge is -2.05. The molecule has 2 nitrogen and oxygen atoms in total. The molecule has 158 valence electrons. The van der Waals surface area contributed by atoms with E-state index in [1.807, 2.05) is 0 Å². The highest BCUT2D eigenvalue weighted by atomic mass is 14.8. The summed E-state index contributed by atoms with van der Waals surface area (Å²) < 4.78 is 0. The van der Waals surface area contributed by atoms with Gasteiger partial charge in [-0.1, -0.05) is 104 Å². The van der Waals surface area contributed by atoms with Crippen molar-refractivity contribution in [2.45, 2.75) is 129 Å². The number of unbranched alkanes of at least 4 members (excludes halogenated alkanes) is 15. The number of nitrogens with one attached hydrogen (secondary N) is 2. The van der Waals surface area contributed by atoms with E-state index < -0.39 is 0 Å². The fourth-order valence-corrected chi connectivity index (χ4v) is 3.47. The van der Waals surface area contributed by atoms with Gasteiger partial charge in [0.05, 0.1) is 0 Å². The first kappa shape index (κ1) is 25.9. The van der Waals surface area contributed by atoms with Crippen LogP contribution in [0.15, 0.2) is 0 Å². The molecule has 2 N–H and O–H groups in total. The van der Waals surface area contributed by atoms with Gasteiger partial charge in [0.15, 0.2) is 0 Å². The van der Waals surface area contributed by atoms with Crippen molar-refractivity contribution in [3.63, 3.8) is 0 Å². The molecule has 0 aliphatic rings. The Labute approximate surface area is 166 Å². The molecular weight excluding hydrogens is 316 g/mol. The maximum Gasteiger partial charge on any atom is -0.00489 e. The Bertz CT molecular complexity index is 206. The number of hydrogen-bond acceptors (Lipinski definition) is 2. The fourth-order valence-electron chi connectivity index (χ4n) is 3.47. The molecule has 26 heavy (non-hydrogen) atoms. The molecule has 0 atom stereocenters. The minimum atomic E-state index is 1.22. The molecule has 0 bridgehead atoms. The van der Waals surface area contributed by atoms with Crippen LogP contribution < -0.4 is 10.6 Å². The Morgan fingerprint density at radius 3 is 0.808 bits per heavy atom. The van der Waals surface area contributed by atoms with Crippen molar-refractivity contribution in [2.75, 3.05) is 26.2 Å². The maximum atomic E-state index is 3.54. The minimum Gasteiger partial charge on any atom is -0.317 e. The molecule has 0 spiro atoms. The summed E-state index contributed by atoms with van der Waals surface area (Å²) in [5.41, 5.74) is 0. The van der Waals surface area contributed by atoms with Crippen molar-refractivity contribution >= 4 is 0 Å². The first-order valence-electron chi connectivity index (χ1n) is 12.3. The van der Waals surface area contributed by atoms with Crippen LogP contribution in [0.3, 0.4) is 0 Å². The van der Waals surface area contributed by atoms with Crippen LogP contribution in [-0.4, -0.2) is 26.2 Å². The summed E-state index contributed by atoms with van der Waals surface area (Å²) in [5, 5.41) is 7.08. The molecule has 0 rings (SSSR count). The van der Waals surface area contributed by atoms with Gasteiger partial charge >= 0.3 is 0 Å². The number of rotatable bonds is 23. The van der Waals surface area contributed by atoms with Gasteiger partial charge in [0.25, 0.3) is 0 Å². The third kappa shape index (κ3) is 23.9. The normalized spacial score (nSPS) is 11.3. The Morgan fingerprint density at radius 2 is 0.538 bits per heavy atom. The fraction of sp³-hybridized carbons (Fsp3) is 1.00. The van der Waals surface area contributed by atoms with E-state index >= 15 is 0 Å². The van der Waals surface area contributed by atoms with Crippen molar-refractivity contribution < 1.29 is 0 Å². The van der Waals surface area contributed by atoms with Crippen LogP contribution in [0, 0.1) is 0 Å². The minimum absolute atomic E-state index is 1.22.